The molecule has 2 aliphatic heterocycles. The Morgan fingerprint density at radius 3 is 2.81 bits per heavy atom. The summed E-state index contributed by atoms with van der Waals surface area (Å²) in [7, 11) is 0. The molecule has 0 radical (unpaired) electrons. The molecule has 0 aliphatic carbocycles. The molecule has 3 heterocycles. The zero-order valence-corrected chi connectivity index (χ0v) is 15.0. The highest BCUT2D eigenvalue weighted by Crippen LogP contribution is 2.42. The van der Waals surface area contributed by atoms with E-state index in [-0.39, 0.29) is 5.82 Å². The van der Waals surface area contributed by atoms with E-state index in [9.17, 15) is 9.50 Å². The van der Waals surface area contributed by atoms with E-state index in [4.69, 9.17) is 0 Å². The van der Waals surface area contributed by atoms with E-state index in [1.165, 1.54) is 46.3 Å². The van der Waals surface area contributed by atoms with E-state index >= 15 is 0 Å². The minimum Gasteiger partial charge on any atom is -0.387 e. The number of aromatic nitrogens is 1. The SMILES string of the molecule is Cc1ccc2c(c1)c1c(n2CC(O)c2ccc(F)cc2)CN2CCC1C2. The van der Waals surface area contributed by atoms with Crippen LogP contribution in [0.3, 0.4) is 0 Å². The van der Waals surface area contributed by atoms with E-state index in [1.807, 2.05) is 0 Å². The maximum atomic E-state index is 13.2. The van der Waals surface area contributed by atoms with E-state index in [0.717, 1.165) is 25.2 Å². The van der Waals surface area contributed by atoms with E-state index in [1.54, 1.807) is 12.1 Å². The molecule has 5 rings (SSSR count). The maximum Gasteiger partial charge on any atom is 0.123 e. The van der Waals surface area contributed by atoms with Crippen molar-refractivity contribution in [2.75, 3.05) is 13.1 Å². The number of nitrogens with zero attached hydrogens (tertiary/aromatic N) is 2. The number of benzene rings is 2. The first-order valence-corrected chi connectivity index (χ1v) is 9.37. The smallest absolute Gasteiger partial charge is 0.123 e. The van der Waals surface area contributed by atoms with E-state index in [0.29, 0.717) is 12.5 Å². The van der Waals surface area contributed by atoms with Crippen molar-refractivity contribution < 1.29 is 9.50 Å². The van der Waals surface area contributed by atoms with Gasteiger partial charge in [0, 0.05) is 35.6 Å². The molecule has 2 aromatic carbocycles. The van der Waals surface area contributed by atoms with Crippen molar-refractivity contribution in [2.45, 2.75) is 38.5 Å². The predicted molar refractivity (Wildman–Crippen MR) is 101 cm³/mol. The lowest BCUT2D eigenvalue weighted by Crippen LogP contribution is -2.27. The fraction of sp³-hybridized carbons (Fsp3) is 0.364. The summed E-state index contributed by atoms with van der Waals surface area (Å²) in [6.07, 6.45) is 0.576. The van der Waals surface area contributed by atoms with Crippen LogP contribution in [0.2, 0.25) is 0 Å². The standard InChI is InChI=1S/C22H23FN2O/c1-14-2-7-19-18(10-14)22-16-8-9-24(11-16)12-20(22)25(19)13-21(26)15-3-5-17(23)6-4-15/h2-7,10,16,21,26H,8-9,11-13H2,1H3. The molecule has 3 unspecified atom stereocenters. The number of aliphatic hydroxyl groups excluding tert-OH is 1. The van der Waals surface area contributed by atoms with Crippen molar-refractivity contribution in [3.05, 3.63) is 70.7 Å². The Morgan fingerprint density at radius 1 is 1.19 bits per heavy atom. The van der Waals surface area contributed by atoms with Gasteiger partial charge in [0.15, 0.2) is 0 Å². The number of hydrogen-bond donors (Lipinski definition) is 1. The lowest BCUT2D eigenvalue weighted by atomic mass is 9.93. The van der Waals surface area contributed by atoms with E-state index in [2.05, 4.69) is 34.6 Å². The van der Waals surface area contributed by atoms with Crippen molar-refractivity contribution in [3.63, 3.8) is 0 Å². The summed E-state index contributed by atoms with van der Waals surface area (Å²) in [6.45, 7) is 5.91. The third-order valence-corrected chi connectivity index (χ3v) is 6.03. The van der Waals surface area contributed by atoms with Crippen LogP contribution in [0.5, 0.6) is 0 Å². The number of rotatable bonds is 3. The first kappa shape index (κ1) is 16.0. The summed E-state index contributed by atoms with van der Waals surface area (Å²) >= 11 is 0. The van der Waals surface area contributed by atoms with Crippen LogP contribution in [0.25, 0.3) is 10.9 Å². The molecular weight excluding hydrogens is 327 g/mol. The second kappa shape index (κ2) is 5.93. The molecule has 1 aromatic heterocycles. The molecule has 1 N–H and O–H groups in total. The van der Waals surface area contributed by atoms with Crippen LogP contribution in [-0.2, 0) is 13.1 Å². The van der Waals surface area contributed by atoms with Gasteiger partial charge < -0.3 is 9.67 Å². The normalized spacial score (nSPS) is 22.6. The minimum absolute atomic E-state index is 0.274. The summed E-state index contributed by atoms with van der Waals surface area (Å²) in [5.41, 5.74) is 6.07. The molecule has 134 valence electrons. The van der Waals surface area contributed by atoms with Crippen molar-refractivity contribution in [3.8, 4) is 0 Å². The predicted octanol–water partition coefficient (Wildman–Crippen LogP) is 4.13. The lowest BCUT2D eigenvalue weighted by Gasteiger charge is -2.25. The average molecular weight is 350 g/mol. The summed E-state index contributed by atoms with van der Waals surface area (Å²) in [5, 5.41) is 12.1. The third-order valence-electron chi connectivity index (χ3n) is 6.03. The van der Waals surface area contributed by atoms with Gasteiger partial charge in [0.2, 0.25) is 0 Å². The number of aryl methyl sites for hydroxylation is 1. The molecule has 2 bridgehead atoms. The Morgan fingerprint density at radius 2 is 2.00 bits per heavy atom. The molecule has 3 nitrogen and oxygen atoms in total. The van der Waals surface area contributed by atoms with Crippen molar-refractivity contribution >= 4 is 10.9 Å². The summed E-state index contributed by atoms with van der Waals surface area (Å²) < 4.78 is 15.5. The first-order valence-electron chi connectivity index (χ1n) is 9.37. The maximum absolute atomic E-state index is 13.2. The molecule has 3 atom stereocenters. The fourth-order valence-corrected chi connectivity index (χ4v) is 4.77. The number of halogens is 1. The quantitative estimate of drug-likeness (QED) is 0.769. The van der Waals surface area contributed by atoms with Crippen molar-refractivity contribution in [1.29, 1.82) is 0 Å². The Kier molecular flexibility index (Phi) is 3.66. The first-order chi connectivity index (χ1) is 12.6. The van der Waals surface area contributed by atoms with Crippen LogP contribution >= 0.6 is 0 Å². The van der Waals surface area contributed by atoms with Gasteiger partial charge in [0.05, 0.1) is 12.6 Å². The molecular formula is C22H23FN2O. The van der Waals surface area contributed by atoms with Crippen LogP contribution in [0.4, 0.5) is 4.39 Å². The van der Waals surface area contributed by atoms with Gasteiger partial charge in [-0.2, -0.15) is 0 Å². The number of aliphatic hydroxyl groups is 1. The molecule has 0 saturated carbocycles. The van der Waals surface area contributed by atoms with Crippen molar-refractivity contribution in [2.24, 2.45) is 0 Å². The van der Waals surface area contributed by atoms with Crippen LogP contribution < -0.4 is 0 Å². The zero-order chi connectivity index (χ0) is 17.8. The van der Waals surface area contributed by atoms with E-state index < -0.39 is 6.10 Å². The molecule has 2 aliphatic rings. The lowest BCUT2D eigenvalue weighted by molar-refractivity contribution is 0.155. The van der Waals surface area contributed by atoms with Crippen molar-refractivity contribution in [1.82, 2.24) is 9.47 Å². The number of hydrogen-bond acceptors (Lipinski definition) is 2. The van der Waals surface area contributed by atoms with Gasteiger partial charge >= 0.3 is 0 Å². The Balaban J connectivity index is 1.61. The van der Waals surface area contributed by atoms with Gasteiger partial charge in [-0.15, -0.1) is 0 Å². The highest BCUT2D eigenvalue weighted by atomic mass is 19.1. The Hall–Kier alpha value is -2.17. The van der Waals surface area contributed by atoms with Crippen LogP contribution in [0.15, 0.2) is 42.5 Å². The fourth-order valence-electron chi connectivity index (χ4n) is 4.77. The molecule has 1 fully saturated rings. The zero-order valence-electron chi connectivity index (χ0n) is 15.0. The second-order valence-electron chi connectivity index (χ2n) is 7.78. The van der Waals surface area contributed by atoms with Gasteiger partial charge in [0.25, 0.3) is 0 Å². The molecule has 4 heteroatoms. The molecule has 0 amide bonds. The highest BCUT2D eigenvalue weighted by molar-refractivity contribution is 5.87. The van der Waals surface area contributed by atoms with Gasteiger partial charge in [-0.25, -0.2) is 4.39 Å². The minimum atomic E-state index is -0.647. The largest absolute Gasteiger partial charge is 0.387 e. The molecule has 0 spiro atoms. The second-order valence-corrected chi connectivity index (χ2v) is 7.78. The Labute approximate surface area is 152 Å². The van der Waals surface area contributed by atoms with Gasteiger partial charge in [-0.3, -0.25) is 4.90 Å². The topological polar surface area (TPSA) is 28.4 Å². The van der Waals surface area contributed by atoms with Gasteiger partial charge in [-0.05, 0) is 55.3 Å². The van der Waals surface area contributed by atoms with Crippen LogP contribution in [0.1, 0.15) is 40.8 Å². The molecule has 1 saturated heterocycles. The molecule has 3 aromatic rings. The summed E-state index contributed by atoms with van der Waals surface area (Å²) in [6, 6.07) is 12.8. The average Bonchev–Trinajstić information content (AvgIpc) is 3.15. The van der Waals surface area contributed by atoms with Gasteiger partial charge in [-0.1, -0.05) is 23.8 Å². The van der Waals surface area contributed by atoms with Gasteiger partial charge in [0.1, 0.15) is 5.82 Å². The number of fused-ring (bicyclic) bond motifs is 6. The summed E-state index contributed by atoms with van der Waals surface area (Å²) in [4.78, 5) is 2.51. The van der Waals surface area contributed by atoms with Crippen LogP contribution in [-0.4, -0.2) is 27.7 Å². The van der Waals surface area contributed by atoms with Crippen LogP contribution in [0, 0.1) is 12.7 Å². The summed E-state index contributed by atoms with van der Waals surface area (Å²) in [5.74, 6) is 0.330. The molecule has 26 heavy (non-hydrogen) atoms. The third kappa shape index (κ3) is 2.48. The Bertz CT molecular complexity index is 976. The monoisotopic (exact) mass is 350 g/mol. The highest BCUT2D eigenvalue weighted by Gasteiger charge is 2.35.